The molecule has 0 radical (unpaired) electrons. The molecular formula is C9H14N4. The summed E-state index contributed by atoms with van der Waals surface area (Å²) in [4.78, 5) is 10.5. The molecule has 0 aliphatic carbocycles. The smallest absolute Gasteiger partial charge is 0.125 e. The predicted octanol–water partition coefficient (Wildman–Crippen LogP) is 0.322. The number of aryl methyl sites for hydroxylation is 1. The van der Waals surface area contributed by atoms with E-state index in [1.54, 1.807) is 0 Å². The Bertz CT molecular complexity index is 282. The molecule has 1 unspecified atom stereocenters. The van der Waals surface area contributed by atoms with Crippen molar-refractivity contribution in [1.82, 2.24) is 9.97 Å². The first kappa shape index (κ1) is 8.44. The van der Waals surface area contributed by atoms with Crippen LogP contribution in [0.2, 0.25) is 0 Å². The molecule has 0 amide bonds. The Morgan fingerprint density at radius 1 is 1.46 bits per heavy atom. The summed E-state index contributed by atoms with van der Waals surface area (Å²) in [6.45, 7) is 3.83. The molecule has 1 aliphatic rings. The van der Waals surface area contributed by atoms with E-state index < -0.39 is 0 Å². The van der Waals surface area contributed by atoms with Crippen molar-refractivity contribution in [3.63, 3.8) is 0 Å². The number of nitrogens with zero attached hydrogens (tertiary/aromatic N) is 3. The van der Waals surface area contributed by atoms with Crippen molar-refractivity contribution in [2.45, 2.75) is 19.4 Å². The van der Waals surface area contributed by atoms with Crippen LogP contribution in [0.1, 0.15) is 12.2 Å². The summed E-state index contributed by atoms with van der Waals surface area (Å²) in [5.74, 6) is 0.812. The Labute approximate surface area is 77.8 Å². The van der Waals surface area contributed by atoms with Crippen LogP contribution in [-0.4, -0.2) is 29.1 Å². The molecule has 2 heterocycles. The van der Waals surface area contributed by atoms with E-state index in [0.29, 0.717) is 6.04 Å². The van der Waals surface area contributed by atoms with Gasteiger partial charge in [-0.25, -0.2) is 9.97 Å². The molecule has 1 atom stereocenters. The summed E-state index contributed by atoms with van der Waals surface area (Å²) >= 11 is 0. The lowest BCUT2D eigenvalue weighted by Gasteiger charge is -2.16. The first-order chi connectivity index (χ1) is 6.25. The molecule has 1 aliphatic heterocycles. The zero-order valence-electron chi connectivity index (χ0n) is 7.77. The fourth-order valence-electron chi connectivity index (χ4n) is 1.57. The molecule has 1 aromatic heterocycles. The minimum absolute atomic E-state index is 0.307. The zero-order valence-corrected chi connectivity index (χ0v) is 7.77. The van der Waals surface area contributed by atoms with Crippen LogP contribution in [0.25, 0.3) is 0 Å². The van der Waals surface area contributed by atoms with Gasteiger partial charge in [0.15, 0.2) is 0 Å². The van der Waals surface area contributed by atoms with Gasteiger partial charge in [0.25, 0.3) is 0 Å². The van der Waals surface area contributed by atoms with E-state index in [-0.39, 0.29) is 0 Å². The molecule has 0 saturated carbocycles. The van der Waals surface area contributed by atoms with E-state index in [1.165, 1.54) is 0 Å². The van der Waals surface area contributed by atoms with E-state index in [1.807, 2.05) is 19.3 Å². The second-order valence-corrected chi connectivity index (χ2v) is 3.48. The first-order valence-electron chi connectivity index (χ1n) is 4.55. The summed E-state index contributed by atoms with van der Waals surface area (Å²) in [7, 11) is 0. The van der Waals surface area contributed by atoms with Crippen LogP contribution in [0.4, 0.5) is 5.69 Å². The van der Waals surface area contributed by atoms with Gasteiger partial charge in [-0.2, -0.15) is 0 Å². The van der Waals surface area contributed by atoms with Crippen molar-refractivity contribution in [3.05, 3.63) is 18.2 Å². The molecular weight excluding hydrogens is 164 g/mol. The average molecular weight is 178 g/mol. The third-order valence-corrected chi connectivity index (χ3v) is 2.36. The van der Waals surface area contributed by atoms with Gasteiger partial charge in [-0.1, -0.05) is 0 Å². The van der Waals surface area contributed by atoms with Crippen LogP contribution in [0.15, 0.2) is 12.4 Å². The van der Waals surface area contributed by atoms with Gasteiger partial charge in [-0.05, 0) is 13.3 Å². The maximum atomic E-state index is 5.81. The standard InChI is InChI=1S/C9H14N4/c1-7-11-4-9(5-12-7)13-3-2-8(10)6-13/h4-5,8H,2-3,6,10H2,1H3. The highest BCUT2D eigenvalue weighted by molar-refractivity contribution is 5.43. The largest absolute Gasteiger partial charge is 0.367 e. The number of hydrogen-bond donors (Lipinski definition) is 1. The van der Waals surface area contributed by atoms with Crippen molar-refractivity contribution < 1.29 is 0 Å². The topological polar surface area (TPSA) is 55.0 Å². The first-order valence-corrected chi connectivity index (χ1v) is 4.55. The molecule has 0 spiro atoms. The average Bonchev–Trinajstić information content (AvgIpc) is 2.53. The Morgan fingerprint density at radius 2 is 2.15 bits per heavy atom. The van der Waals surface area contributed by atoms with E-state index >= 15 is 0 Å². The van der Waals surface area contributed by atoms with Gasteiger partial charge in [0, 0.05) is 19.1 Å². The maximum Gasteiger partial charge on any atom is 0.125 e. The third kappa shape index (κ3) is 1.78. The summed E-state index contributed by atoms with van der Waals surface area (Å²) in [5, 5.41) is 0. The Balaban J connectivity index is 2.13. The lowest BCUT2D eigenvalue weighted by Crippen LogP contribution is -2.26. The minimum Gasteiger partial charge on any atom is -0.367 e. The van der Waals surface area contributed by atoms with Gasteiger partial charge in [-0.3, -0.25) is 0 Å². The second kappa shape index (κ2) is 3.30. The van der Waals surface area contributed by atoms with Crippen LogP contribution in [0.3, 0.4) is 0 Å². The third-order valence-electron chi connectivity index (χ3n) is 2.36. The van der Waals surface area contributed by atoms with Crippen molar-refractivity contribution in [2.24, 2.45) is 5.73 Å². The Morgan fingerprint density at radius 3 is 2.69 bits per heavy atom. The number of aromatic nitrogens is 2. The van der Waals surface area contributed by atoms with Crippen LogP contribution in [0.5, 0.6) is 0 Å². The summed E-state index contributed by atoms with van der Waals surface area (Å²) < 4.78 is 0. The maximum absolute atomic E-state index is 5.81. The van der Waals surface area contributed by atoms with Crippen molar-refractivity contribution >= 4 is 5.69 Å². The fraction of sp³-hybridized carbons (Fsp3) is 0.556. The van der Waals surface area contributed by atoms with Gasteiger partial charge in [-0.15, -0.1) is 0 Å². The Kier molecular flexibility index (Phi) is 2.14. The molecule has 1 fully saturated rings. The minimum atomic E-state index is 0.307. The van der Waals surface area contributed by atoms with E-state index in [2.05, 4.69) is 14.9 Å². The van der Waals surface area contributed by atoms with Gasteiger partial charge in [0.2, 0.25) is 0 Å². The molecule has 1 saturated heterocycles. The molecule has 0 bridgehead atoms. The second-order valence-electron chi connectivity index (χ2n) is 3.48. The van der Waals surface area contributed by atoms with Gasteiger partial charge >= 0.3 is 0 Å². The van der Waals surface area contributed by atoms with Crippen LogP contribution in [0, 0.1) is 6.92 Å². The van der Waals surface area contributed by atoms with Crippen LogP contribution >= 0.6 is 0 Å². The highest BCUT2D eigenvalue weighted by atomic mass is 15.2. The number of hydrogen-bond acceptors (Lipinski definition) is 4. The molecule has 4 nitrogen and oxygen atoms in total. The normalized spacial score (nSPS) is 22.3. The van der Waals surface area contributed by atoms with Crippen LogP contribution in [-0.2, 0) is 0 Å². The SMILES string of the molecule is Cc1ncc(N2CCC(N)C2)cn1. The van der Waals surface area contributed by atoms with Crippen molar-refractivity contribution in [3.8, 4) is 0 Å². The van der Waals surface area contributed by atoms with Gasteiger partial charge < -0.3 is 10.6 Å². The Hall–Kier alpha value is -1.16. The van der Waals surface area contributed by atoms with E-state index in [9.17, 15) is 0 Å². The highest BCUT2D eigenvalue weighted by Gasteiger charge is 2.19. The molecule has 13 heavy (non-hydrogen) atoms. The van der Waals surface area contributed by atoms with E-state index in [4.69, 9.17) is 5.73 Å². The molecule has 1 aromatic rings. The fourth-order valence-corrected chi connectivity index (χ4v) is 1.57. The predicted molar refractivity (Wildman–Crippen MR) is 51.6 cm³/mol. The van der Waals surface area contributed by atoms with Crippen LogP contribution < -0.4 is 10.6 Å². The molecule has 70 valence electrons. The lowest BCUT2D eigenvalue weighted by molar-refractivity contribution is 0.752. The highest BCUT2D eigenvalue weighted by Crippen LogP contribution is 2.17. The van der Waals surface area contributed by atoms with Gasteiger partial charge in [0.05, 0.1) is 18.1 Å². The van der Waals surface area contributed by atoms with Crippen molar-refractivity contribution in [2.75, 3.05) is 18.0 Å². The molecule has 2 rings (SSSR count). The number of nitrogens with two attached hydrogens (primary N) is 1. The van der Waals surface area contributed by atoms with E-state index in [0.717, 1.165) is 31.0 Å². The zero-order chi connectivity index (χ0) is 9.26. The van der Waals surface area contributed by atoms with Gasteiger partial charge in [0.1, 0.15) is 5.82 Å². The summed E-state index contributed by atoms with van der Waals surface area (Å²) in [6.07, 6.45) is 4.79. The summed E-state index contributed by atoms with van der Waals surface area (Å²) in [5.41, 5.74) is 6.89. The van der Waals surface area contributed by atoms with Crippen molar-refractivity contribution in [1.29, 1.82) is 0 Å². The summed E-state index contributed by atoms with van der Waals surface area (Å²) in [6, 6.07) is 0.307. The monoisotopic (exact) mass is 178 g/mol. The number of anilines is 1. The number of rotatable bonds is 1. The quantitative estimate of drug-likeness (QED) is 0.673. The molecule has 0 aromatic carbocycles. The molecule has 2 N–H and O–H groups in total. The lowest BCUT2D eigenvalue weighted by atomic mass is 10.3. The molecule has 4 heteroatoms.